The number of thioether (sulfide) groups is 1. The van der Waals surface area contributed by atoms with Crippen LogP contribution in [0.2, 0.25) is 0 Å². The number of hydrogen-bond donors (Lipinski definition) is 1. The van der Waals surface area contributed by atoms with Crippen molar-refractivity contribution in [2.24, 2.45) is 0 Å². The zero-order valence-electron chi connectivity index (χ0n) is 9.43. The quantitative estimate of drug-likeness (QED) is 0.740. The summed E-state index contributed by atoms with van der Waals surface area (Å²) in [7, 11) is 0. The Hall–Kier alpha value is -0.610. The third-order valence-corrected chi connectivity index (χ3v) is 3.00. The summed E-state index contributed by atoms with van der Waals surface area (Å²) < 4.78 is 26.1. The lowest BCUT2D eigenvalue weighted by atomic mass is 10.2. The van der Waals surface area contributed by atoms with Crippen molar-refractivity contribution in [1.82, 2.24) is 5.32 Å². The smallest absolute Gasteiger partial charge is 0.163 e. The second-order valence-electron chi connectivity index (χ2n) is 3.59. The molecule has 16 heavy (non-hydrogen) atoms. The average Bonchev–Trinajstić information content (AvgIpc) is 2.29. The van der Waals surface area contributed by atoms with E-state index in [1.165, 1.54) is 6.07 Å². The Morgan fingerprint density at radius 1 is 1.25 bits per heavy atom. The summed E-state index contributed by atoms with van der Waals surface area (Å²) in [6.45, 7) is 1.24. The van der Waals surface area contributed by atoms with E-state index in [0.717, 1.165) is 31.2 Å². The molecular formula is C12H17F2NS. The van der Waals surface area contributed by atoms with E-state index in [9.17, 15) is 8.78 Å². The Balaban J connectivity index is 2.24. The number of halogens is 2. The van der Waals surface area contributed by atoms with Crippen molar-refractivity contribution in [3.8, 4) is 0 Å². The molecule has 1 aromatic rings. The molecule has 0 aliphatic carbocycles. The van der Waals surface area contributed by atoms with E-state index in [-0.39, 0.29) is 0 Å². The van der Waals surface area contributed by atoms with E-state index in [0.29, 0.717) is 12.1 Å². The summed E-state index contributed by atoms with van der Waals surface area (Å²) in [5.74, 6) is -0.364. The van der Waals surface area contributed by atoms with Gasteiger partial charge in [0.2, 0.25) is 0 Å². The van der Waals surface area contributed by atoms with Crippen LogP contribution in [-0.2, 0) is 6.54 Å². The topological polar surface area (TPSA) is 12.0 Å². The van der Waals surface area contributed by atoms with Gasteiger partial charge in [0.05, 0.1) is 0 Å². The lowest BCUT2D eigenvalue weighted by molar-refractivity contribution is 0.492. The second kappa shape index (κ2) is 7.63. The van der Waals surface area contributed by atoms with E-state index in [1.54, 1.807) is 6.07 Å². The Morgan fingerprint density at radius 2 is 2.06 bits per heavy atom. The molecule has 1 aromatic carbocycles. The first kappa shape index (κ1) is 13.5. The maximum atomic E-state index is 13.2. The summed E-state index contributed by atoms with van der Waals surface area (Å²) in [6, 6.07) is 4.27. The highest BCUT2D eigenvalue weighted by atomic mass is 32.2. The summed E-state index contributed by atoms with van der Waals surface area (Å²) in [4.78, 5) is 0. The van der Waals surface area contributed by atoms with Crippen LogP contribution in [0.3, 0.4) is 0 Å². The molecule has 0 amide bonds. The third kappa shape index (κ3) is 4.49. The van der Waals surface area contributed by atoms with Gasteiger partial charge in [-0.1, -0.05) is 12.1 Å². The Kier molecular flexibility index (Phi) is 6.42. The van der Waals surface area contributed by atoms with E-state index >= 15 is 0 Å². The zero-order valence-corrected chi connectivity index (χ0v) is 10.2. The predicted octanol–water partition coefficient (Wildman–Crippen LogP) is 3.20. The molecule has 0 fully saturated rings. The van der Waals surface area contributed by atoms with Crippen molar-refractivity contribution in [3.63, 3.8) is 0 Å². The molecule has 0 aliphatic rings. The zero-order chi connectivity index (χ0) is 11.8. The molecule has 0 saturated carbocycles. The highest BCUT2D eigenvalue weighted by Gasteiger charge is 2.06. The molecule has 0 aliphatic heterocycles. The molecule has 1 rings (SSSR count). The van der Waals surface area contributed by atoms with Gasteiger partial charge < -0.3 is 5.32 Å². The van der Waals surface area contributed by atoms with Crippen molar-refractivity contribution in [2.45, 2.75) is 19.4 Å². The Bertz CT molecular complexity index is 318. The van der Waals surface area contributed by atoms with Crippen molar-refractivity contribution in [3.05, 3.63) is 35.4 Å². The molecular weight excluding hydrogens is 228 g/mol. The molecule has 0 saturated heterocycles. The molecule has 0 unspecified atom stereocenters. The molecule has 90 valence electrons. The fourth-order valence-corrected chi connectivity index (χ4v) is 1.90. The van der Waals surface area contributed by atoms with Crippen molar-refractivity contribution < 1.29 is 8.78 Å². The molecule has 0 aromatic heterocycles. The first-order valence-corrected chi connectivity index (χ1v) is 6.77. The van der Waals surface area contributed by atoms with Crippen LogP contribution in [0.5, 0.6) is 0 Å². The van der Waals surface area contributed by atoms with Gasteiger partial charge in [-0.25, -0.2) is 8.78 Å². The van der Waals surface area contributed by atoms with Gasteiger partial charge in [0, 0.05) is 12.1 Å². The minimum Gasteiger partial charge on any atom is -0.313 e. The van der Waals surface area contributed by atoms with Gasteiger partial charge in [0.1, 0.15) is 0 Å². The average molecular weight is 245 g/mol. The number of hydrogen-bond acceptors (Lipinski definition) is 2. The number of benzene rings is 1. The highest BCUT2D eigenvalue weighted by molar-refractivity contribution is 7.98. The van der Waals surface area contributed by atoms with Crippen LogP contribution >= 0.6 is 11.8 Å². The minimum absolute atomic E-state index is 0.392. The van der Waals surface area contributed by atoms with Gasteiger partial charge in [-0.15, -0.1) is 0 Å². The molecule has 0 heterocycles. The largest absolute Gasteiger partial charge is 0.313 e. The lowest BCUT2D eigenvalue weighted by Gasteiger charge is -2.06. The van der Waals surface area contributed by atoms with Crippen LogP contribution in [0, 0.1) is 11.6 Å². The molecule has 0 atom stereocenters. The van der Waals surface area contributed by atoms with Crippen molar-refractivity contribution >= 4 is 11.8 Å². The van der Waals surface area contributed by atoms with Crippen molar-refractivity contribution in [1.29, 1.82) is 0 Å². The van der Waals surface area contributed by atoms with Crippen LogP contribution in [0.4, 0.5) is 8.78 Å². The summed E-state index contributed by atoms with van der Waals surface area (Å²) in [5.41, 5.74) is 0.393. The summed E-state index contributed by atoms with van der Waals surface area (Å²) in [6.07, 6.45) is 4.30. The standard InChI is InChI=1S/C12H17F2NS/c1-16-8-3-2-7-15-9-10-5-4-6-11(13)12(10)14/h4-6,15H,2-3,7-9H2,1H3. The van der Waals surface area contributed by atoms with Crippen LogP contribution in [-0.4, -0.2) is 18.6 Å². The number of nitrogens with one attached hydrogen (secondary N) is 1. The van der Waals surface area contributed by atoms with Gasteiger partial charge in [0.25, 0.3) is 0 Å². The number of unbranched alkanes of at least 4 members (excludes halogenated alkanes) is 1. The first-order valence-electron chi connectivity index (χ1n) is 5.38. The minimum atomic E-state index is -0.776. The molecule has 4 heteroatoms. The fourth-order valence-electron chi connectivity index (χ4n) is 1.40. The van der Waals surface area contributed by atoms with Gasteiger partial charge >= 0.3 is 0 Å². The van der Waals surface area contributed by atoms with Crippen LogP contribution in [0.1, 0.15) is 18.4 Å². The molecule has 1 N–H and O–H groups in total. The summed E-state index contributed by atoms with van der Waals surface area (Å²) in [5, 5.41) is 3.11. The Labute approximate surface area is 99.6 Å². The van der Waals surface area contributed by atoms with E-state index < -0.39 is 11.6 Å². The maximum Gasteiger partial charge on any atom is 0.163 e. The molecule has 0 spiro atoms. The van der Waals surface area contributed by atoms with Crippen LogP contribution < -0.4 is 5.32 Å². The molecule has 1 nitrogen and oxygen atoms in total. The molecule has 0 bridgehead atoms. The highest BCUT2D eigenvalue weighted by Crippen LogP contribution is 2.10. The van der Waals surface area contributed by atoms with Gasteiger partial charge in [-0.05, 0) is 37.5 Å². The maximum absolute atomic E-state index is 13.2. The number of rotatable bonds is 7. The van der Waals surface area contributed by atoms with Crippen LogP contribution in [0.15, 0.2) is 18.2 Å². The lowest BCUT2D eigenvalue weighted by Crippen LogP contribution is -2.16. The molecule has 0 radical (unpaired) electrons. The van der Waals surface area contributed by atoms with Gasteiger partial charge in [-0.2, -0.15) is 11.8 Å². The monoisotopic (exact) mass is 245 g/mol. The van der Waals surface area contributed by atoms with Gasteiger partial charge in [0.15, 0.2) is 11.6 Å². The van der Waals surface area contributed by atoms with Crippen LogP contribution in [0.25, 0.3) is 0 Å². The second-order valence-corrected chi connectivity index (χ2v) is 4.58. The SMILES string of the molecule is CSCCCCNCc1cccc(F)c1F. The Morgan fingerprint density at radius 3 is 2.81 bits per heavy atom. The van der Waals surface area contributed by atoms with E-state index in [2.05, 4.69) is 11.6 Å². The van der Waals surface area contributed by atoms with Crippen molar-refractivity contribution in [2.75, 3.05) is 18.6 Å². The normalized spacial score (nSPS) is 10.7. The van der Waals surface area contributed by atoms with Gasteiger partial charge in [-0.3, -0.25) is 0 Å². The van der Waals surface area contributed by atoms with E-state index in [4.69, 9.17) is 0 Å². The third-order valence-electron chi connectivity index (χ3n) is 2.30. The first-order chi connectivity index (χ1) is 7.75. The van der Waals surface area contributed by atoms with E-state index in [1.807, 2.05) is 11.8 Å². The summed E-state index contributed by atoms with van der Waals surface area (Å²) >= 11 is 1.82. The predicted molar refractivity (Wildman–Crippen MR) is 65.7 cm³/mol. The fraction of sp³-hybridized carbons (Fsp3) is 0.500.